The van der Waals surface area contributed by atoms with Crippen molar-refractivity contribution in [3.05, 3.63) is 35.4 Å². The lowest BCUT2D eigenvalue weighted by atomic mass is 10.1. The maximum Gasteiger partial charge on any atom is 0.231 e. The van der Waals surface area contributed by atoms with E-state index in [0.29, 0.717) is 6.79 Å². The predicted molar refractivity (Wildman–Crippen MR) is 122 cm³/mol. The molecule has 0 saturated carbocycles. The van der Waals surface area contributed by atoms with Gasteiger partial charge in [-0.15, -0.1) is 34.2 Å². The number of benzene rings is 1. The van der Waals surface area contributed by atoms with Gasteiger partial charge >= 0.3 is 0 Å². The Bertz CT molecular complexity index is 838. The zero-order chi connectivity index (χ0) is 19.2. The third-order valence-corrected chi connectivity index (χ3v) is 5.19. The molecule has 9 heteroatoms. The normalized spacial score (nSPS) is 15.3. The fourth-order valence-corrected chi connectivity index (χ4v) is 3.67. The SMILES string of the molecule is CN=C(NCCc1ccc2c(c1)OCO2)NCCc1nnc2n1CCCCC2.I. The lowest BCUT2D eigenvalue weighted by Crippen LogP contribution is -2.39. The van der Waals surface area contributed by atoms with Crippen LogP contribution < -0.4 is 20.1 Å². The summed E-state index contributed by atoms with van der Waals surface area (Å²) in [6, 6.07) is 6.08. The van der Waals surface area contributed by atoms with Crippen LogP contribution in [0.5, 0.6) is 11.5 Å². The van der Waals surface area contributed by atoms with Crippen molar-refractivity contribution in [2.24, 2.45) is 4.99 Å². The molecule has 0 saturated heterocycles. The lowest BCUT2D eigenvalue weighted by Gasteiger charge is -2.12. The highest BCUT2D eigenvalue weighted by molar-refractivity contribution is 14.0. The monoisotopic (exact) mass is 512 g/mol. The van der Waals surface area contributed by atoms with Gasteiger partial charge in [0.2, 0.25) is 6.79 Å². The van der Waals surface area contributed by atoms with Gasteiger partial charge in [0.1, 0.15) is 11.6 Å². The zero-order valence-corrected chi connectivity index (χ0v) is 19.1. The molecule has 0 fully saturated rings. The van der Waals surface area contributed by atoms with Crippen molar-refractivity contribution in [1.82, 2.24) is 25.4 Å². The molecule has 2 N–H and O–H groups in total. The van der Waals surface area contributed by atoms with Gasteiger partial charge in [-0.05, 0) is 37.0 Å². The molecular weight excluding hydrogens is 483 g/mol. The first kappa shape index (κ1) is 21.7. The fourth-order valence-electron chi connectivity index (χ4n) is 3.67. The van der Waals surface area contributed by atoms with Gasteiger partial charge in [0.25, 0.3) is 0 Å². The van der Waals surface area contributed by atoms with Crippen LogP contribution in [0.15, 0.2) is 23.2 Å². The van der Waals surface area contributed by atoms with Crippen LogP contribution >= 0.6 is 24.0 Å². The molecule has 0 aliphatic carbocycles. The number of halogens is 1. The van der Waals surface area contributed by atoms with Gasteiger partial charge in [0.05, 0.1) is 0 Å². The molecule has 1 aromatic carbocycles. The molecule has 2 aliphatic heterocycles. The second-order valence-corrected chi connectivity index (χ2v) is 7.11. The molecular formula is C20H29IN6O2. The standard InChI is InChI=1S/C20H28N6O2.HI/c1-21-20(22-10-8-15-6-7-16-17(13-15)28-14-27-16)23-11-9-19-25-24-18-5-3-2-4-12-26(18)19;/h6-7,13H,2-5,8-12,14H2,1H3,(H2,21,22,23);1H. The van der Waals surface area contributed by atoms with Crippen LogP contribution in [0.2, 0.25) is 0 Å². The number of guanidine groups is 1. The Morgan fingerprint density at radius 2 is 1.90 bits per heavy atom. The summed E-state index contributed by atoms with van der Waals surface area (Å²) in [5.74, 6) is 4.66. The van der Waals surface area contributed by atoms with Crippen molar-refractivity contribution in [1.29, 1.82) is 0 Å². The first-order valence-corrected chi connectivity index (χ1v) is 10.1. The minimum Gasteiger partial charge on any atom is -0.454 e. The number of fused-ring (bicyclic) bond motifs is 2. The highest BCUT2D eigenvalue weighted by atomic mass is 127. The highest BCUT2D eigenvalue weighted by Crippen LogP contribution is 2.32. The van der Waals surface area contributed by atoms with E-state index in [1.165, 1.54) is 24.8 Å². The summed E-state index contributed by atoms with van der Waals surface area (Å²) in [5, 5.41) is 15.5. The summed E-state index contributed by atoms with van der Waals surface area (Å²) in [6.07, 6.45) is 6.49. The number of hydrogen-bond donors (Lipinski definition) is 2. The molecule has 1 aromatic heterocycles. The van der Waals surface area contributed by atoms with Gasteiger partial charge in [-0.1, -0.05) is 12.5 Å². The molecule has 0 amide bonds. The van der Waals surface area contributed by atoms with E-state index in [9.17, 15) is 0 Å². The topological polar surface area (TPSA) is 85.6 Å². The first-order chi connectivity index (χ1) is 13.8. The van der Waals surface area contributed by atoms with E-state index in [1.54, 1.807) is 7.05 Å². The molecule has 2 aliphatic rings. The van der Waals surface area contributed by atoms with Crippen LogP contribution in [-0.4, -0.2) is 47.7 Å². The van der Waals surface area contributed by atoms with E-state index in [0.717, 1.165) is 68.0 Å². The Morgan fingerprint density at radius 1 is 1.07 bits per heavy atom. The van der Waals surface area contributed by atoms with Gasteiger partial charge in [-0.25, -0.2) is 0 Å². The largest absolute Gasteiger partial charge is 0.454 e. The van der Waals surface area contributed by atoms with Crippen molar-refractivity contribution in [2.75, 3.05) is 26.9 Å². The van der Waals surface area contributed by atoms with E-state index >= 15 is 0 Å². The first-order valence-electron chi connectivity index (χ1n) is 10.1. The predicted octanol–water partition coefficient (Wildman–Crippen LogP) is 2.30. The van der Waals surface area contributed by atoms with Crippen LogP contribution in [0.25, 0.3) is 0 Å². The van der Waals surface area contributed by atoms with Crippen molar-refractivity contribution in [3.8, 4) is 11.5 Å². The summed E-state index contributed by atoms with van der Waals surface area (Å²) < 4.78 is 13.1. The molecule has 4 rings (SSSR count). The average molecular weight is 512 g/mol. The lowest BCUT2D eigenvalue weighted by molar-refractivity contribution is 0.174. The van der Waals surface area contributed by atoms with Crippen LogP contribution in [-0.2, 0) is 25.8 Å². The number of nitrogens with zero attached hydrogens (tertiary/aromatic N) is 4. The van der Waals surface area contributed by atoms with Crippen molar-refractivity contribution >= 4 is 29.9 Å². The van der Waals surface area contributed by atoms with Crippen molar-refractivity contribution in [2.45, 2.75) is 45.1 Å². The van der Waals surface area contributed by atoms with Gasteiger partial charge in [0, 0.05) is 39.5 Å². The Morgan fingerprint density at radius 3 is 2.76 bits per heavy atom. The molecule has 0 spiro atoms. The molecule has 29 heavy (non-hydrogen) atoms. The summed E-state index contributed by atoms with van der Waals surface area (Å²) in [7, 11) is 1.79. The second-order valence-electron chi connectivity index (χ2n) is 7.11. The summed E-state index contributed by atoms with van der Waals surface area (Å²) in [4.78, 5) is 4.31. The molecule has 3 heterocycles. The average Bonchev–Trinajstić information content (AvgIpc) is 3.26. The smallest absolute Gasteiger partial charge is 0.231 e. The van der Waals surface area contributed by atoms with E-state index < -0.39 is 0 Å². The summed E-state index contributed by atoms with van der Waals surface area (Å²) in [5.41, 5.74) is 1.21. The number of ether oxygens (including phenoxy) is 2. The quantitative estimate of drug-likeness (QED) is 0.351. The van der Waals surface area contributed by atoms with Crippen molar-refractivity contribution < 1.29 is 9.47 Å². The molecule has 0 radical (unpaired) electrons. The van der Waals surface area contributed by atoms with Crippen LogP contribution in [0.4, 0.5) is 0 Å². The number of aryl methyl sites for hydroxylation is 1. The number of aliphatic imine (C=N–C) groups is 1. The Labute approximate surface area is 188 Å². The van der Waals surface area contributed by atoms with E-state index in [4.69, 9.17) is 9.47 Å². The highest BCUT2D eigenvalue weighted by Gasteiger charge is 2.15. The Balaban J connectivity index is 0.00000240. The Hall–Kier alpha value is -2.04. The molecule has 2 aromatic rings. The van der Waals surface area contributed by atoms with E-state index in [2.05, 4.69) is 36.5 Å². The molecule has 158 valence electrons. The van der Waals surface area contributed by atoms with Gasteiger partial charge in [0.15, 0.2) is 17.5 Å². The molecule has 0 atom stereocenters. The van der Waals surface area contributed by atoms with Gasteiger partial charge in [-0.2, -0.15) is 0 Å². The minimum atomic E-state index is 0. The van der Waals surface area contributed by atoms with Crippen molar-refractivity contribution in [3.63, 3.8) is 0 Å². The number of hydrogen-bond acceptors (Lipinski definition) is 5. The van der Waals surface area contributed by atoms with Crippen LogP contribution in [0.1, 0.15) is 36.5 Å². The van der Waals surface area contributed by atoms with E-state index in [1.807, 2.05) is 12.1 Å². The second kappa shape index (κ2) is 10.7. The number of nitrogens with one attached hydrogen (secondary N) is 2. The van der Waals surface area contributed by atoms with Gasteiger partial charge in [-0.3, -0.25) is 4.99 Å². The maximum absolute atomic E-state index is 5.43. The third-order valence-electron chi connectivity index (χ3n) is 5.19. The van der Waals surface area contributed by atoms with Gasteiger partial charge < -0.3 is 24.7 Å². The summed E-state index contributed by atoms with van der Waals surface area (Å²) >= 11 is 0. The Kier molecular flexibility index (Phi) is 7.96. The maximum atomic E-state index is 5.43. The number of rotatable bonds is 6. The van der Waals surface area contributed by atoms with Crippen LogP contribution in [0.3, 0.4) is 0 Å². The summed E-state index contributed by atoms with van der Waals surface area (Å²) in [6.45, 7) is 2.92. The fraction of sp³-hybridized carbons (Fsp3) is 0.550. The molecule has 0 unspecified atom stereocenters. The molecule has 0 bridgehead atoms. The molecule has 8 nitrogen and oxygen atoms in total. The minimum absolute atomic E-state index is 0. The zero-order valence-electron chi connectivity index (χ0n) is 16.8. The van der Waals surface area contributed by atoms with Crippen LogP contribution in [0, 0.1) is 0 Å². The number of aromatic nitrogens is 3. The van der Waals surface area contributed by atoms with E-state index in [-0.39, 0.29) is 24.0 Å². The third kappa shape index (κ3) is 5.52.